The number of ether oxygens (including phenoxy) is 2. The van der Waals surface area contributed by atoms with Gasteiger partial charge in [0, 0.05) is 13.7 Å². The molecule has 0 heterocycles. The van der Waals surface area contributed by atoms with Gasteiger partial charge in [0.2, 0.25) is 10.0 Å². The summed E-state index contributed by atoms with van der Waals surface area (Å²) in [5.41, 5.74) is 0.880. The van der Waals surface area contributed by atoms with Gasteiger partial charge < -0.3 is 9.47 Å². The highest BCUT2D eigenvalue weighted by atomic mass is 32.2. The molecular weight excluding hydrogens is 278 g/mol. The van der Waals surface area contributed by atoms with Crippen LogP contribution in [-0.2, 0) is 14.8 Å². The molecule has 1 aromatic carbocycles. The van der Waals surface area contributed by atoms with Crippen molar-refractivity contribution in [1.82, 2.24) is 4.72 Å². The van der Waals surface area contributed by atoms with Gasteiger partial charge in [-0.2, -0.15) is 0 Å². The first-order chi connectivity index (χ1) is 9.52. The summed E-state index contributed by atoms with van der Waals surface area (Å²) in [5.74, 6) is 0.872. The smallest absolute Gasteiger partial charge is 0.211 e. The van der Waals surface area contributed by atoms with E-state index in [-0.39, 0.29) is 18.4 Å². The Hall–Kier alpha value is -1.11. The third-order valence-corrected chi connectivity index (χ3v) is 4.44. The molecule has 1 aromatic rings. The molecule has 0 aliphatic heterocycles. The van der Waals surface area contributed by atoms with Crippen molar-refractivity contribution in [2.45, 2.75) is 25.9 Å². The molecule has 1 unspecified atom stereocenters. The van der Waals surface area contributed by atoms with Crippen molar-refractivity contribution in [2.24, 2.45) is 0 Å². The van der Waals surface area contributed by atoms with Gasteiger partial charge in [-0.1, -0.05) is 25.5 Å². The number of unbranched alkanes of at least 4 members (excludes halogenated alkanes) is 1. The lowest BCUT2D eigenvalue weighted by Crippen LogP contribution is -2.31. The molecule has 0 saturated heterocycles. The van der Waals surface area contributed by atoms with E-state index in [2.05, 4.69) is 4.72 Å². The van der Waals surface area contributed by atoms with Gasteiger partial charge in [0.25, 0.3) is 0 Å². The molecule has 5 nitrogen and oxygen atoms in total. The summed E-state index contributed by atoms with van der Waals surface area (Å²) in [4.78, 5) is 0. The monoisotopic (exact) mass is 301 g/mol. The first-order valence-electron chi connectivity index (χ1n) is 6.66. The molecule has 20 heavy (non-hydrogen) atoms. The molecule has 1 N–H and O–H groups in total. The van der Waals surface area contributed by atoms with Gasteiger partial charge in [-0.3, -0.25) is 0 Å². The molecule has 0 aliphatic carbocycles. The fourth-order valence-electron chi connectivity index (χ4n) is 1.79. The van der Waals surface area contributed by atoms with E-state index >= 15 is 0 Å². The summed E-state index contributed by atoms with van der Waals surface area (Å²) in [5, 5.41) is 0. The van der Waals surface area contributed by atoms with Gasteiger partial charge in [0.1, 0.15) is 5.75 Å². The van der Waals surface area contributed by atoms with Crippen molar-refractivity contribution >= 4 is 10.0 Å². The number of rotatable bonds is 9. The highest BCUT2D eigenvalue weighted by Gasteiger charge is 2.16. The summed E-state index contributed by atoms with van der Waals surface area (Å²) in [6.45, 7) is 2.18. The molecule has 0 aromatic heterocycles. The zero-order chi connectivity index (χ0) is 15.0. The fraction of sp³-hybridized carbons (Fsp3) is 0.571. The lowest BCUT2D eigenvalue weighted by Gasteiger charge is -2.17. The van der Waals surface area contributed by atoms with Crippen molar-refractivity contribution in [2.75, 3.05) is 26.5 Å². The van der Waals surface area contributed by atoms with Crippen molar-refractivity contribution in [3.05, 3.63) is 29.8 Å². The van der Waals surface area contributed by atoms with Crippen LogP contribution in [0, 0.1) is 0 Å². The Morgan fingerprint density at radius 3 is 2.65 bits per heavy atom. The van der Waals surface area contributed by atoms with Gasteiger partial charge in [-0.15, -0.1) is 0 Å². The number of hydrogen-bond acceptors (Lipinski definition) is 4. The normalized spacial score (nSPS) is 13.2. The second-order valence-corrected chi connectivity index (χ2v) is 6.45. The summed E-state index contributed by atoms with van der Waals surface area (Å²) in [6, 6.07) is 7.42. The molecule has 1 atom stereocenters. The zero-order valence-electron chi connectivity index (χ0n) is 12.3. The molecule has 0 radical (unpaired) electrons. The molecule has 6 heteroatoms. The van der Waals surface area contributed by atoms with Crippen LogP contribution in [0.4, 0.5) is 0 Å². The standard InChI is InChI=1S/C14H23NO4S/c1-4-5-9-20(16,17)15-11-14(19-3)12-7-6-8-13(10-12)18-2/h6-8,10,14-15H,4-5,9,11H2,1-3H3. The maximum Gasteiger partial charge on any atom is 0.211 e. The Balaban J connectivity index is 2.67. The summed E-state index contributed by atoms with van der Waals surface area (Å²) in [7, 11) is -0.0822. The Morgan fingerprint density at radius 2 is 2.05 bits per heavy atom. The molecule has 1 rings (SSSR count). The Kier molecular flexibility index (Phi) is 6.98. The quantitative estimate of drug-likeness (QED) is 0.758. The van der Waals surface area contributed by atoms with Crippen LogP contribution >= 0.6 is 0 Å². The van der Waals surface area contributed by atoms with Crippen molar-refractivity contribution in [1.29, 1.82) is 0 Å². The molecule has 0 fully saturated rings. The third kappa shape index (κ3) is 5.48. The number of hydrogen-bond donors (Lipinski definition) is 1. The minimum Gasteiger partial charge on any atom is -0.497 e. The Bertz CT molecular complexity index is 502. The van der Waals surface area contributed by atoms with Gasteiger partial charge in [-0.05, 0) is 24.1 Å². The van der Waals surface area contributed by atoms with Crippen molar-refractivity contribution < 1.29 is 17.9 Å². The van der Waals surface area contributed by atoms with E-state index in [4.69, 9.17) is 9.47 Å². The maximum absolute atomic E-state index is 11.8. The predicted octanol–water partition coefficient (Wildman–Crippen LogP) is 2.10. The van der Waals surface area contributed by atoms with Crippen LogP contribution in [0.15, 0.2) is 24.3 Å². The lowest BCUT2D eigenvalue weighted by atomic mass is 10.1. The van der Waals surface area contributed by atoms with Crippen LogP contribution in [0.1, 0.15) is 31.4 Å². The van der Waals surface area contributed by atoms with E-state index in [9.17, 15) is 8.42 Å². The third-order valence-electron chi connectivity index (χ3n) is 3.01. The molecule has 0 bridgehead atoms. The number of benzene rings is 1. The number of methoxy groups -OCH3 is 2. The Labute approximate surface area is 121 Å². The van der Waals surface area contributed by atoms with Gasteiger partial charge in [-0.25, -0.2) is 13.1 Å². The molecule has 0 amide bonds. The lowest BCUT2D eigenvalue weighted by molar-refractivity contribution is 0.107. The first kappa shape index (κ1) is 16.9. The van der Waals surface area contributed by atoms with E-state index in [1.165, 1.54) is 0 Å². The topological polar surface area (TPSA) is 64.6 Å². The maximum atomic E-state index is 11.8. The second kappa shape index (κ2) is 8.24. The molecule has 114 valence electrons. The first-order valence-corrected chi connectivity index (χ1v) is 8.31. The molecule has 0 spiro atoms. The van der Waals surface area contributed by atoms with Crippen molar-refractivity contribution in [3.8, 4) is 5.75 Å². The van der Waals surface area contributed by atoms with E-state index in [1.807, 2.05) is 31.2 Å². The summed E-state index contributed by atoms with van der Waals surface area (Å²) >= 11 is 0. The SMILES string of the molecule is CCCCS(=O)(=O)NCC(OC)c1cccc(OC)c1. The van der Waals surface area contributed by atoms with Crippen molar-refractivity contribution in [3.63, 3.8) is 0 Å². The largest absolute Gasteiger partial charge is 0.497 e. The minimum absolute atomic E-state index is 0.151. The van der Waals surface area contributed by atoms with Crippen LogP contribution in [0.5, 0.6) is 5.75 Å². The van der Waals surface area contributed by atoms with Crippen LogP contribution in [-0.4, -0.2) is 34.9 Å². The molecule has 0 aliphatic rings. The van der Waals surface area contributed by atoms with Gasteiger partial charge >= 0.3 is 0 Å². The van der Waals surface area contributed by atoms with Gasteiger partial charge in [0.15, 0.2) is 0 Å². The van der Waals surface area contributed by atoms with Crippen LogP contribution in [0.2, 0.25) is 0 Å². The number of sulfonamides is 1. The fourth-order valence-corrected chi connectivity index (χ4v) is 3.01. The zero-order valence-corrected chi connectivity index (χ0v) is 13.1. The predicted molar refractivity (Wildman–Crippen MR) is 79.4 cm³/mol. The summed E-state index contributed by atoms with van der Waals surface area (Å²) in [6.07, 6.45) is 1.18. The Morgan fingerprint density at radius 1 is 1.30 bits per heavy atom. The second-order valence-electron chi connectivity index (χ2n) is 4.52. The average Bonchev–Trinajstić information content (AvgIpc) is 2.46. The van der Waals surface area contributed by atoms with Gasteiger partial charge in [0.05, 0.1) is 19.0 Å². The van der Waals surface area contributed by atoms with E-state index in [0.29, 0.717) is 6.42 Å². The highest BCUT2D eigenvalue weighted by molar-refractivity contribution is 7.89. The molecule has 0 saturated carbocycles. The highest BCUT2D eigenvalue weighted by Crippen LogP contribution is 2.21. The van der Waals surface area contributed by atoms with Crippen LogP contribution in [0.25, 0.3) is 0 Å². The summed E-state index contributed by atoms with van der Waals surface area (Å²) < 4.78 is 36.6. The van der Waals surface area contributed by atoms with E-state index in [1.54, 1.807) is 14.2 Å². The van der Waals surface area contributed by atoms with E-state index in [0.717, 1.165) is 17.7 Å². The van der Waals surface area contributed by atoms with Crippen LogP contribution in [0.3, 0.4) is 0 Å². The number of nitrogens with one attached hydrogen (secondary N) is 1. The van der Waals surface area contributed by atoms with E-state index < -0.39 is 10.0 Å². The average molecular weight is 301 g/mol. The van der Waals surface area contributed by atoms with Crippen LogP contribution < -0.4 is 9.46 Å². The molecular formula is C14H23NO4S. The minimum atomic E-state index is -3.23.